The summed E-state index contributed by atoms with van der Waals surface area (Å²) in [4.78, 5) is 31.4. The number of para-hydroxylation sites is 1. The van der Waals surface area contributed by atoms with Crippen molar-refractivity contribution < 1.29 is 9.21 Å². The topological polar surface area (TPSA) is 97.0 Å². The Hall–Kier alpha value is -3.16. The molecule has 1 N–H and O–H groups in total. The van der Waals surface area contributed by atoms with Crippen LogP contribution < -0.4 is 5.69 Å². The molecule has 1 aromatic carbocycles. The van der Waals surface area contributed by atoms with Crippen molar-refractivity contribution in [2.24, 2.45) is 0 Å². The number of aromatic amines is 1. The second-order valence-electron chi connectivity index (χ2n) is 7.49. The summed E-state index contributed by atoms with van der Waals surface area (Å²) in [5.41, 5.74) is 0.940. The predicted octanol–water partition coefficient (Wildman–Crippen LogP) is 2.45. The van der Waals surface area contributed by atoms with Gasteiger partial charge < -0.3 is 9.32 Å². The number of benzene rings is 1. The lowest BCUT2D eigenvalue weighted by atomic mass is 9.96. The van der Waals surface area contributed by atoms with E-state index in [1.807, 2.05) is 35.2 Å². The average Bonchev–Trinajstić information content (AvgIpc) is 3.33. The number of carbonyl (C=O) groups is 1. The lowest BCUT2D eigenvalue weighted by molar-refractivity contribution is 0.0696. The molecule has 3 aromatic rings. The molecule has 28 heavy (non-hydrogen) atoms. The van der Waals surface area contributed by atoms with Crippen molar-refractivity contribution in [1.82, 2.24) is 24.6 Å². The highest BCUT2D eigenvalue weighted by Gasteiger charge is 2.36. The van der Waals surface area contributed by atoms with Gasteiger partial charge in [0.05, 0.1) is 5.69 Å². The molecule has 1 aliphatic carbocycles. The van der Waals surface area contributed by atoms with Gasteiger partial charge in [-0.05, 0) is 37.8 Å². The first-order chi connectivity index (χ1) is 13.7. The molecule has 2 aliphatic rings. The largest absolute Gasteiger partial charge is 0.447 e. The molecule has 8 heteroatoms. The molecule has 1 aliphatic heterocycles. The second kappa shape index (κ2) is 6.78. The third-order valence-corrected chi connectivity index (χ3v) is 5.53. The quantitative estimate of drug-likeness (QED) is 0.751. The van der Waals surface area contributed by atoms with Gasteiger partial charge in [0.15, 0.2) is 12.1 Å². The standard InChI is InChI=1S/C20H21N5O3/c26-19(16-17(13-8-9-13)28-12-21-16)24-10-4-5-14(11-24)18-22-23-20(27)25(18)15-6-2-1-3-7-15/h1-3,6-7,12-14H,4-5,8-11H2,(H,23,27)/t14-/m1/s1. The Morgan fingerprint density at radius 1 is 1.14 bits per heavy atom. The third kappa shape index (κ3) is 2.94. The number of carbonyl (C=O) groups excluding carboxylic acids is 1. The molecule has 0 radical (unpaired) electrons. The Morgan fingerprint density at radius 3 is 2.75 bits per heavy atom. The molecule has 3 heterocycles. The van der Waals surface area contributed by atoms with Crippen LogP contribution in [0.25, 0.3) is 5.69 Å². The normalized spacial score (nSPS) is 19.7. The van der Waals surface area contributed by atoms with Crippen LogP contribution in [-0.2, 0) is 0 Å². The number of piperidine rings is 1. The lowest BCUT2D eigenvalue weighted by Crippen LogP contribution is -2.40. The maximum atomic E-state index is 13.1. The van der Waals surface area contributed by atoms with Gasteiger partial charge in [-0.2, -0.15) is 5.10 Å². The minimum Gasteiger partial charge on any atom is -0.447 e. The highest BCUT2D eigenvalue weighted by molar-refractivity contribution is 5.93. The highest BCUT2D eigenvalue weighted by Crippen LogP contribution is 2.42. The summed E-state index contributed by atoms with van der Waals surface area (Å²) in [7, 11) is 0. The molecule has 1 amide bonds. The fraction of sp³-hybridized carbons (Fsp3) is 0.400. The number of nitrogens with one attached hydrogen (secondary N) is 1. The van der Waals surface area contributed by atoms with Crippen molar-refractivity contribution in [2.75, 3.05) is 13.1 Å². The number of rotatable bonds is 4. The Morgan fingerprint density at radius 2 is 1.96 bits per heavy atom. The molecule has 0 spiro atoms. The maximum absolute atomic E-state index is 13.1. The fourth-order valence-electron chi connectivity index (χ4n) is 3.98. The molecule has 1 saturated carbocycles. The monoisotopic (exact) mass is 379 g/mol. The molecule has 144 valence electrons. The van der Waals surface area contributed by atoms with Gasteiger partial charge in [-0.25, -0.2) is 19.4 Å². The van der Waals surface area contributed by atoms with Gasteiger partial charge in [0.25, 0.3) is 5.91 Å². The van der Waals surface area contributed by atoms with E-state index in [9.17, 15) is 9.59 Å². The summed E-state index contributed by atoms with van der Waals surface area (Å²) in [6.45, 7) is 1.18. The van der Waals surface area contributed by atoms with E-state index in [-0.39, 0.29) is 17.5 Å². The lowest BCUT2D eigenvalue weighted by Gasteiger charge is -2.32. The van der Waals surface area contributed by atoms with Crippen LogP contribution in [-0.4, -0.2) is 43.6 Å². The molecular weight excluding hydrogens is 358 g/mol. The van der Waals surface area contributed by atoms with Crippen molar-refractivity contribution in [3.63, 3.8) is 0 Å². The third-order valence-electron chi connectivity index (χ3n) is 5.53. The first kappa shape index (κ1) is 17.0. The van der Waals surface area contributed by atoms with E-state index in [4.69, 9.17) is 4.42 Å². The van der Waals surface area contributed by atoms with E-state index in [1.54, 1.807) is 4.57 Å². The second-order valence-corrected chi connectivity index (χ2v) is 7.49. The summed E-state index contributed by atoms with van der Waals surface area (Å²) in [6, 6.07) is 9.44. The molecule has 2 fully saturated rings. The van der Waals surface area contributed by atoms with Gasteiger partial charge in [0.2, 0.25) is 0 Å². The van der Waals surface area contributed by atoms with Crippen LogP contribution in [0, 0.1) is 0 Å². The average molecular weight is 379 g/mol. The molecule has 0 bridgehead atoms. The van der Waals surface area contributed by atoms with Gasteiger partial charge >= 0.3 is 5.69 Å². The number of H-pyrrole nitrogens is 1. The molecule has 5 rings (SSSR count). The summed E-state index contributed by atoms with van der Waals surface area (Å²) >= 11 is 0. The van der Waals surface area contributed by atoms with Crippen LogP contribution in [0.5, 0.6) is 0 Å². The molecule has 2 aromatic heterocycles. The Balaban J connectivity index is 1.42. The van der Waals surface area contributed by atoms with Crippen LogP contribution in [0.15, 0.2) is 45.9 Å². The Kier molecular flexibility index (Phi) is 4.11. The van der Waals surface area contributed by atoms with E-state index < -0.39 is 0 Å². The van der Waals surface area contributed by atoms with Crippen molar-refractivity contribution >= 4 is 5.91 Å². The van der Waals surface area contributed by atoms with Crippen LogP contribution in [0.2, 0.25) is 0 Å². The summed E-state index contributed by atoms with van der Waals surface area (Å²) in [5, 5.41) is 6.85. The SMILES string of the molecule is O=C(c1ncoc1C1CC1)N1CCC[C@@H](c2n[nH]c(=O)n2-c2ccccc2)C1. The van der Waals surface area contributed by atoms with E-state index in [1.165, 1.54) is 6.39 Å². The first-order valence-electron chi connectivity index (χ1n) is 9.68. The number of aromatic nitrogens is 4. The zero-order chi connectivity index (χ0) is 19.1. The van der Waals surface area contributed by atoms with E-state index in [2.05, 4.69) is 15.2 Å². The van der Waals surface area contributed by atoms with Crippen molar-refractivity contribution in [3.05, 3.63) is 64.5 Å². The summed E-state index contributed by atoms with van der Waals surface area (Å²) in [5.74, 6) is 1.60. The van der Waals surface area contributed by atoms with Crippen molar-refractivity contribution in [2.45, 2.75) is 37.5 Å². The molecule has 8 nitrogen and oxygen atoms in total. The van der Waals surface area contributed by atoms with E-state index >= 15 is 0 Å². The van der Waals surface area contributed by atoms with Gasteiger partial charge in [0.1, 0.15) is 11.6 Å². The highest BCUT2D eigenvalue weighted by atomic mass is 16.3. The van der Waals surface area contributed by atoms with Crippen molar-refractivity contribution in [1.29, 1.82) is 0 Å². The minimum atomic E-state index is -0.267. The van der Waals surface area contributed by atoms with E-state index in [0.29, 0.717) is 36.3 Å². The van der Waals surface area contributed by atoms with Crippen LogP contribution in [0.4, 0.5) is 0 Å². The molecule has 0 unspecified atom stereocenters. The number of likely N-dealkylation sites (tertiary alicyclic amines) is 1. The minimum absolute atomic E-state index is 0.0202. The molecule has 1 saturated heterocycles. The van der Waals surface area contributed by atoms with Gasteiger partial charge in [-0.15, -0.1) is 0 Å². The number of nitrogens with zero attached hydrogens (tertiary/aromatic N) is 4. The predicted molar refractivity (Wildman–Crippen MR) is 101 cm³/mol. The van der Waals surface area contributed by atoms with Crippen molar-refractivity contribution in [3.8, 4) is 5.69 Å². The van der Waals surface area contributed by atoms with Crippen LogP contribution >= 0.6 is 0 Å². The summed E-state index contributed by atoms with van der Waals surface area (Å²) < 4.78 is 7.07. The number of hydrogen-bond donors (Lipinski definition) is 1. The Labute approximate surface area is 161 Å². The number of hydrogen-bond acceptors (Lipinski definition) is 5. The van der Waals surface area contributed by atoms with Crippen LogP contribution in [0.1, 0.15) is 59.6 Å². The summed E-state index contributed by atoms with van der Waals surface area (Å²) in [6.07, 6.45) is 5.19. The fourth-order valence-corrected chi connectivity index (χ4v) is 3.98. The zero-order valence-corrected chi connectivity index (χ0v) is 15.4. The van der Waals surface area contributed by atoms with Gasteiger partial charge in [-0.1, -0.05) is 18.2 Å². The van der Waals surface area contributed by atoms with Gasteiger partial charge in [0, 0.05) is 24.9 Å². The smallest absolute Gasteiger partial charge is 0.347 e. The van der Waals surface area contributed by atoms with Gasteiger partial charge in [-0.3, -0.25) is 4.79 Å². The molecule has 1 atom stereocenters. The Bertz CT molecular complexity index is 1050. The number of oxazole rings is 1. The first-order valence-corrected chi connectivity index (χ1v) is 9.68. The molecular formula is C20H21N5O3. The zero-order valence-electron chi connectivity index (χ0n) is 15.4. The van der Waals surface area contributed by atoms with Crippen LogP contribution in [0.3, 0.4) is 0 Å². The number of amides is 1. The maximum Gasteiger partial charge on any atom is 0.347 e. The van der Waals surface area contributed by atoms with E-state index in [0.717, 1.165) is 31.4 Å².